The van der Waals surface area contributed by atoms with Crippen molar-refractivity contribution < 1.29 is 48.1 Å². The van der Waals surface area contributed by atoms with Crippen molar-refractivity contribution in [3.05, 3.63) is 168 Å². The van der Waals surface area contributed by atoms with Gasteiger partial charge in [-0.05, 0) is 86.0 Å². The molecule has 0 radical (unpaired) electrons. The van der Waals surface area contributed by atoms with Gasteiger partial charge >= 0.3 is 0 Å². The van der Waals surface area contributed by atoms with Gasteiger partial charge in [-0.1, -0.05) is 164 Å². The Morgan fingerprint density at radius 2 is 1.32 bits per heavy atom. The first-order valence-corrected chi connectivity index (χ1v) is 18.9. The van der Waals surface area contributed by atoms with E-state index in [1.807, 2.05) is 79.9 Å². The van der Waals surface area contributed by atoms with E-state index in [0.717, 1.165) is 22.4 Å². The SMILES string of the molecule is [2H]c1nc(-c2[c-]c(-c3cccc4c3nc(-c3ccccc3O)n4-c3ccc(-c4ccccc4)cc3C(C)(C)C)cc(C(C)(C)C)c2)c([2H])c(-c2c([2H])c([2H])c(C(C([2H])([2H])[2H])(C([2H])([2H])[2H])C([2H])([2H])[2H])c([2H])c2[2H])c1[2H].[Pt]. The van der Waals surface area contributed by atoms with E-state index in [1.165, 1.54) is 0 Å². The number of aromatic nitrogens is 3. The minimum absolute atomic E-state index is 0. The molecule has 1 N–H and O–H groups in total. The predicted octanol–water partition coefficient (Wildman–Crippen LogP) is 14.2. The van der Waals surface area contributed by atoms with Crippen molar-refractivity contribution in [2.45, 2.75) is 78.3 Å². The number of fused-ring (bicyclic) bond motifs is 1. The summed E-state index contributed by atoms with van der Waals surface area (Å²) in [6.07, 6.45) is -0.744. The van der Waals surface area contributed by atoms with Gasteiger partial charge in [-0.2, -0.15) is 0 Å². The molecule has 0 amide bonds. The molecule has 0 saturated heterocycles. The second-order valence-corrected chi connectivity index (χ2v) is 16.5. The maximum absolute atomic E-state index is 11.4. The normalized spacial score (nSPS) is 16.6. The van der Waals surface area contributed by atoms with Gasteiger partial charge < -0.3 is 5.11 Å². The van der Waals surface area contributed by atoms with Gasteiger partial charge in [0.05, 0.1) is 31.9 Å². The molecule has 0 unspecified atom stereocenters. The van der Waals surface area contributed by atoms with Crippen molar-refractivity contribution >= 4 is 11.0 Å². The maximum Gasteiger partial charge on any atom is 0.148 e. The Morgan fingerprint density at radius 3 is 2.02 bits per heavy atom. The third-order valence-electron chi connectivity index (χ3n) is 10.1. The van der Waals surface area contributed by atoms with Crippen LogP contribution in [0.2, 0.25) is 0 Å². The van der Waals surface area contributed by atoms with Crippen molar-refractivity contribution in [2.75, 3.05) is 0 Å². The average Bonchev–Trinajstić information content (AvgIpc) is 3.69. The summed E-state index contributed by atoms with van der Waals surface area (Å²) in [6, 6.07) is 29.6. The third kappa shape index (κ3) is 8.34. The van der Waals surface area contributed by atoms with E-state index in [4.69, 9.17) is 25.5 Å². The molecular formula is C54H52N3OPt-. The predicted molar refractivity (Wildman–Crippen MR) is 243 cm³/mol. The third-order valence-corrected chi connectivity index (χ3v) is 10.1. The van der Waals surface area contributed by atoms with Crippen LogP contribution in [0.1, 0.15) is 101 Å². The van der Waals surface area contributed by atoms with Gasteiger partial charge in [0, 0.05) is 45.3 Å². The van der Waals surface area contributed by atoms with Crippen LogP contribution in [0.15, 0.2) is 146 Å². The Morgan fingerprint density at radius 1 is 0.627 bits per heavy atom. The van der Waals surface area contributed by atoms with Crippen LogP contribution in [-0.4, -0.2) is 19.6 Å². The van der Waals surface area contributed by atoms with Gasteiger partial charge in [-0.15, -0.1) is 29.3 Å². The minimum Gasteiger partial charge on any atom is -0.507 e. The molecule has 8 aromatic rings. The van der Waals surface area contributed by atoms with Crippen LogP contribution in [-0.2, 0) is 37.3 Å². The molecule has 0 spiro atoms. The van der Waals surface area contributed by atoms with E-state index in [2.05, 4.69) is 56.1 Å². The molecule has 0 aliphatic heterocycles. The van der Waals surface area contributed by atoms with Crippen LogP contribution < -0.4 is 0 Å². The second-order valence-electron chi connectivity index (χ2n) is 16.5. The van der Waals surface area contributed by atoms with E-state index in [1.54, 1.807) is 24.3 Å². The van der Waals surface area contributed by atoms with Gasteiger partial charge in [-0.3, -0.25) is 9.55 Å². The number of hydrogen-bond donors (Lipinski definition) is 1. The summed E-state index contributed by atoms with van der Waals surface area (Å²) in [5.41, 5.74) is -0.487. The van der Waals surface area contributed by atoms with Crippen molar-refractivity contribution in [1.29, 1.82) is 0 Å². The quantitative estimate of drug-likeness (QED) is 0.169. The first kappa shape index (κ1) is 25.8. The van der Waals surface area contributed by atoms with E-state index < -0.39 is 90.5 Å². The molecule has 300 valence electrons. The Kier molecular flexibility index (Phi) is 6.95. The Balaban J connectivity index is 0.00000820. The van der Waals surface area contributed by atoms with Gasteiger partial charge in [0.1, 0.15) is 11.6 Å². The number of pyridine rings is 1. The fourth-order valence-corrected chi connectivity index (χ4v) is 7.02. The summed E-state index contributed by atoms with van der Waals surface area (Å²) < 4.78 is 140. The van der Waals surface area contributed by atoms with Crippen LogP contribution in [0, 0.1) is 6.07 Å². The molecule has 4 nitrogen and oxygen atoms in total. The maximum atomic E-state index is 11.4. The van der Waals surface area contributed by atoms with Gasteiger partial charge in [-0.25, -0.2) is 4.98 Å². The fourth-order valence-electron chi connectivity index (χ4n) is 7.02. The zero-order chi connectivity index (χ0) is 54.6. The van der Waals surface area contributed by atoms with Crippen molar-refractivity contribution in [2.24, 2.45) is 0 Å². The molecule has 6 aromatic carbocycles. The van der Waals surface area contributed by atoms with Crippen molar-refractivity contribution in [3.8, 4) is 67.5 Å². The number of nitrogens with zero attached hydrogens (tertiary/aromatic N) is 3. The number of hydrogen-bond acceptors (Lipinski definition) is 3. The van der Waals surface area contributed by atoms with E-state index in [0.29, 0.717) is 39.1 Å². The summed E-state index contributed by atoms with van der Waals surface area (Å²) >= 11 is 0. The smallest absolute Gasteiger partial charge is 0.148 e. The van der Waals surface area contributed by atoms with Crippen LogP contribution >= 0.6 is 0 Å². The van der Waals surface area contributed by atoms with Crippen LogP contribution in [0.3, 0.4) is 0 Å². The summed E-state index contributed by atoms with van der Waals surface area (Å²) in [5, 5.41) is 11.4. The van der Waals surface area contributed by atoms with E-state index in [-0.39, 0.29) is 43.5 Å². The zero-order valence-corrected chi connectivity index (χ0v) is 35.7. The molecule has 8 rings (SSSR count). The molecule has 5 heteroatoms. The average molecular weight is 970 g/mol. The van der Waals surface area contributed by atoms with Gasteiger partial charge in [0.25, 0.3) is 0 Å². The zero-order valence-electron chi connectivity index (χ0n) is 49.4. The molecule has 2 aromatic heterocycles. The van der Waals surface area contributed by atoms with E-state index in [9.17, 15) is 6.48 Å². The van der Waals surface area contributed by atoms with Crippen LogP contribution in [0.5, 0.6) is 5.75 Å². The summed E-state index contributed by atoms with van der Waals surface area (Å²) in [7, 11) is 0. The molecule has 0 saturated carbocycles. The number of para-hydroxylation sites is 2. The molecule has 0 atom stereocenters. The van der Waals surface area contributed by atoms with Gasteiger partial charge in [0.15, 0.2) is 0 Å². The Bertz CT molecular complexity index is 3470. The largest absolute Gasteiger partial charge is 0.507 e. The molecule has 0 bridgehead atoms. The number of phenols is 1. The number of phenolic OH excluding ortho intramolecular Hbond substituents is 1. The Labute approximate surface area is 386 Å². The summed E-state index contributed by atoms with van der Waals surface area (Å²) in [6.45, 7) is 0.506. The molecular weight excluding hydrogens is 902 g/mol. The number of aromatic hydroxyl groups is 1. The number of imidazole rings is 1. The molecule has 59 heavy (non-hydrogen) atoms. The summed E-state index contributed by atoms with van der Waals surface area (Å²) in [4.78, 5) is 9.64. The summed E-state index contributed by atoms with van der Waals surface area (Å²) in [5.74, 6) is 0.448. The van der Waals surface area contributed by atoms with Crippen LogP contribution in [0.4, 0.5) is 0 Å². The molecule has 2 heterocycles. The number of benzene rings is 6. The first-order valence-electron chi connectivity index (χ1n) is 26.9. The van der Waals surface area contributed by atoms with Crippen molar-refractivity contribution in [3.63, 3.8) is 0 Å². The van der Waals surface area contributed by atoms with E-state index >= 15 is 0 Å². The standard InChI is InChI=1S/C54H52N3O.Pt/c1-52(2,3)41-25-22-36(23-26-41)38-28-29-55-46(34-38)40-30-39(31-42(32-40)53(4,5)6)43-19-15-20-48-50(43)56-51(44-18-13-14-21-49(44)58)57(48)47-27-24-37(33-45(47)54(7,8)9)35-16-11-10-12-17-35;/h10-29,31-34,58H,1-9H3;/q-1;/i1D3,2D3,3D3,22D,23D,25D,26D,28D,29D,34D;. The van der Waals surface area contributed by atoms with Gasteiger partial charge in [0.2, 0.25) is 0 Å². The first-order chi connectivity index (χ1) is 34.2. The minimum atomic E-state index is -3.92. The van der Waals surface area contributed by atoms with Crippen molar-refractivity contribution in [1.82, 2.24) is 14.5 Å². The molecule has 0 aliphatic rings. The second kappa shape index (κ2) is 15.9. The Hall–Kier alpha value is -5.57. The number of rotatable bonds is 6. The molecule has 0 aliphatic carbocycles. The molecule has 0 fully saturated rings. The van der Waals surface area contributed by atoms with Crippen LogP contribution in [0.25, 0.3) is 72.7 Å². The fraction of sp³-hybridized carbons (Fsp3) is 0.222. The monoisotopic (exact) mass is 969 g/mol. The topological polar surface area (TPSA) is 50.9 Å².